The predicted molar refractivity (Wildman–Crippen MR) is 51.0 cm³/mol. The summed E-state index contributed by atoms with van der Waals surface area (Å²) in [7, 11) is 0. The zero-order chi connectivity index (χ0) is 7.84. The van der Waals surface area contributed by atoms with Crippen LogP contribution < -0.4 is 0 Å². The number of H-pyrrole nitrogens is 1. The first-order valence-corrected chi connectivity index (χ1v) is 4.36. The van der Waals surface area contributed by atoms with Gasteiger partial charge in [-0.05, 0) is 34.1 Å². The Balaban J connectivity index is 2.86. The topological polar surface area (TPSA) is 15.8 Å². The number of halogens is 2. The van der Waals surface area contributed by atoms with Crippen molar-refractivity contribution < 1.29 is 0 Å². The molecule has 1 N–H and O–H groups in total. The molecule has 0 unspecified atom stereocenters. The molecule has 0 saturated heterocycles. The average Bonchev–Trinajstić information content (AvgIpc) is 2.36. The molecule has 3 heteroatoms. The largest absolute Gasteiger partial charge is 0.361 e. The highest BCUT2D eigenvalue weighted by molar-refractivity contribution is 9.10. The summed E-state index contributed by atoms with van der Waals surface area (Å²) in [6, 6.07) is 5.89. The maximum atomic E-state index is 5.88. The van der Waals surface area contributed by atoms with E-state index in [1.54, 1.807) is 0 Å². The molecule has 0 fully saturated rings. The molecule has 0 aliphatic heterocycles. The maximum Gasteiger partial charge on any atom is 0.0555 e. The van der Waals surface area contributed by atoms with E-state index in [1.165, 1.54) is 0 Å². The molecule has 0 radical (unpaired) electrons. The van der Waals surface area contributed by atoms with E-state index in [-0.39, 0.29) is 0 Å². The van der Waals surface area contributed by atoms with Gasteiger partial charge in [-0.2, -0.15) is 0 Å². The second kappa shape index (κ2) is 2.54. The van der Waals surface area contributed by atoms with Gasteiger partial charge in [0.2, 0.25) is 0 Å². The van der Waals surface area contributed by atoms with Gasteiger partial charge in [0.25, 0.3) is 0 Å². The van der Waals surface area contributed by atoms with Crippen molar-refractivity contribution in [3.05, 3.63) is 33.9 Å². The highest BCUT2D eigenvalue weighted by Gasteiger charge is 1.99. The number of aromatic amines is 1. The van der Waals surface area contributed by atoms with Gasteiger partial charge in [0, 0.05) is 21.6 Å². The van der Waals surface area contributed by atoms with E-state index in [0.717, 1.165) is 20.4 Å². The Labute approximate surface area is 77.5 Å². The SMILES string of the molecule is Clc1cc2cc[nH]c2cc1Br. The third kappa shape index (κ3) is 1.17. The number of hydrogen-bond donors (Lipinski definition) is 1. The number of fused-ring (bicyclic) bond motifs is 1. The zero-order valence-corrected chi connectivity index (χ0v) is 7.91. The summed E-state index contributed by atoms with van der Waals surface area (Å²) >= 11 is 9.23. The van der Waals surface area contributed by atoms with Crippen LogP contribution in [0, 0.1) is 0 Å². The summed E-state index contributed by atoms with van der Waals surface area (Å²) in [5.74, 6) is 0. The minimum atomic E-state index is 0.747. The zero-order valence-electron chi connectivity index (χ0n) is 5.57. The Bertz CT molecular complexity index is 358. The van der Waals surface area contributed by atoms with Crippen LogP contribution in [0.4, 0.5) is 0 Å². The second-order valence-corrected chi connectivity index (χ2v) is 3.59. The molecule has 1 heterocycles. The van der Waals surface area contributed by atoms with Crippen molar-refractivity contribution in [3.8, 4) is 0 Å². The Hall–Kier alpha value is -0.470. The van der Waals surface area contributed by atoms with Crippen LogP contribution in [0.5, 0.6) is 0 Å². The lowest BCUT2D eigenvalue weighted by molar-refractivity contribution is 1.47. The first kappa shape index (κ1) is 7.19. The van der Waals surface area contributed by atoms with Crippen LogP contribution >= 0.6 is 27.5 Å². The Morgan fingerprint density at radius 2 is 2.18 bits per heavy atom. The molecular weight excluding hydrogens is 225 g/mol. The second-order valence-electron chi connectivity index (χ2n) is 2.33. The molecule has 0 spiro atoms. The van der Waals surface area contributed by atoms with E-state index in [0.29, 0.717) is 0 Å². The molecule has 56 valence electrons. The first-order valence-electron chi connectivity index (χ1n) is 3.19. The van der Waals surface area contributed by atoms with Crippen molar-refractivity contribution >= 4 is 38.4 Å². The average molecular weight is 230 g/mol. The Kier molecular flexibility index (Phi) is 1.66. The number of aromatic nitrogens is 1. The minimum Gasteiger partial charge on any atom is -0.361 e. The van der Waals surface area contributed by atoms with Gasteiger partial charge in [0.1, 0.15) is 0 Å². The normalized spacial score (nSPS) is 10.7. The maximum absolute atomic E-state index is 5.88. The van der Waals surface area contributed by atoms with Crippen molar-refractivity contribution in [2.45, 2.75) is 0 Å². The van der Waals surface area contributed by atoms with E-state index in [4.69, 9.17) is 11.6 Å². The van der Waals surface area contributed by atoms with Crippen LogP contribution in [-0.2, 0) is 0 Å². The van der Waals surface area contributed by atoms with Crippen LogP contribution in [0.25, 0.3) is 10.9 Å². The summed E-state index contributed by atoms with van der Waals surface area (Å²) in [6.45, 7) is 0. The van der Waals surface area contributed by atoms with Gasteiger partial charge >= 0.3 is 0 Å². The van der Waals surface area contributed by atoms with Crippen molar-refractivity contribution in [3.63, 3.8) is 0 Å². The molecule has 0 aliphatic carbocycles. The first-order chi connectivity index (χ1) is 5.27. The number of hydrogen-bond acceptors (Lipinski definition) is 0. The lowest BCUT2D eigenvalue weighted by Gasteiger charge is -1.94. The third-order valence-electron chi connectivity index (χ3n) is 1.59. The molecule has 1 nitrogen and oxygen atoms in total. The number of rotatable bonds is 0. The quantitative estimate of drug-likeness (QED) is 0.712. The van der Waals surface area contributed by atoms with Crippen LogP contribution in [0.3, 0.4) is 0 Å². The molecule has 2 aromatic rings. The summed E-state index contributed by atoms with van der Waals surface area (Å²) in [4.78, 5) is 3.10. The smallest absolute Gasteiger partial charge is 0.0555 e. The van der Waals surface area contributed by atoms with E-state index in [1.807, 2.05) is 24.4 Å². The highest BCUT2D eigenvalue weighted by Crippen LogP contribution is 2.27. The van der Waals surface area contributed by atoms with Crippen LogP contribution in [-0.4, -0.2) is 4.98 Å². The van der Waals surface area contributed by atoms with Crippen LogP contribution in [0.1, 0.15) is 0 Å². The number of benzene rings is 1. The summed E-state index contributed by atoms with van der Waals surface area (Å²) in [6.07, 6.45) is 1.90. The van der Waals surface area contributed by atoms with Crippen LogP contribution in [0.2, 0.25) is 5.02 Å². The molecule has 0 amide bonds. The third-order valence-corrected chi connectivity index (χ3v) is 2.79. The van der Waals surface area contributed by atoms with Crippen molar-refractivity contribution in [1.29, 1.82) is 0 Å². The predicted octanol–water partition coefficient (Wildman–Crippen LogP) is 3.58. The van der Waals surface area contributed by atoms with E-state index in [2.05, 4.69) is 20.9 Å². The fourth-order valence-electron chi connectivity index (χ4n) is 1.05. The van der Waals surface area contributed by atoms with Crippen molar-refractivity contribution in [2.24, 2.45) is 0 Å². The van der Waals surface area contributed by atoms with Gasteiger partial charge in [0.05, 0.1) is 5.02 Å². The van der Waals surface area contributed by atoms with E-state index in [9.17, 15) is 0 Å². The molecule has 11 heavy (non-hydrogen) atoms. The van der Waals surface area contributed by atoms with Crippen molar-refractivity contribution in [2.75, 3.05) is 0 Å². The Morgan fingerprint density at radius 1 is 1.36 bits per heavy atom. The molecule has 0 bridgehead atoms. The summed E-state index contributed by atoms with van der Waals surface area (Å²) in [5, 5.41) is 1.88. The molecule has 2 rings (SSSR count). The standard InChI is InChI=1S/C8H5BrClN/c9-6-4-8-5(1-2-11-8)3-7(6)10/h1-4,11H. The van der Waals surface area contributed by atoms with Gasteiger partial charge in [-0.1, -0.05) is 11.6 Å². The lowest BCUT2D eigenvalue weighted by atomic mass is 10.2. The van der Waals surface area contributed by atoms with Crippen LogP contribution in [0.15, 0.2) is 28.9 Å². The summed E-state index contributed by atoms with van der Waals surface area (Å²) < 4.78 is 0.925. The lowest BCUT2D eigenvalue weighted by Crippen LogP contribution is -1.70. The van der Waals surface area contributed by atoms with Gasteiger partial charge in [-0.15, -0.1) is 0 Å². The van der Waals surface area contributed by atoms with Crippen molar-refractivity contribution in [1.82, 2.24) is 4.98 Å². The molecule has 0 atom stereocenters. The fraction of sp³-hybridized carbons (Fsp3) is 0. The van der Waals surface area contributed by atoms with Gasteiger partial charge in [0.15, 0.2) is 0 Å². The van der Waals surface area contributed by atoms with E-state index < -0.39 is 0 Å². The fourth-order valence-corrected chi connectivity index (χ4v) is 1.56. The summed E-state index contributed by atoms with van der Waals surface area (Å²) in [5.41, 5.74) is 1.10. The van der Waals surface area contributed by atoms with E-state index >= 15 is 0 Å². The highest BCUT2D eigenvalue weighted by atomic mass is 79.9. The Morgan fingerprint density at radius 3 is 3.00 bits per heavy atom. The van der Waals surface area contributed by atoms with Gasteiger partial charge in [-0.25, -0.2) is 0 Å². The van der Waals surface area contributed by atoms with Gasteiger partial charge in [-0.3, -0.25) is 0 Å². The molecule has 0 aliphatic rings. The molecule has 1 aromatic carbocycles. The minimum absolute atomic E-state index is 0.747. The monoisotopic (exact) mass is 229 g/mol. The molecule has 1 aromatic heterocycles. The van der Waals surface area contributed by atoms with Gasteiger partial charge < -0.3 is 4.98 Å². The molecule has 0 saturated carbocycles. The molecular formula is C8H5BrClN. The number of nitrogens with one attached hydrogen (secondary N) is 1.